The van der Waals surface area contributed by atoms with Crippen molar-refractivity contribution in [3.8, 4) is 0 Å². The monoisotopic (exact) mass is 545 g/mol. The molecule has 0 aliphatic carbocycles. The van der Waals surface area contributed by atoms with Crippen molar-refractivity contribution in [3.63, 3.8) is 0 Å². The highest BCUT2D eigenvalue weighted by Gasteiger charge is 2.37. The zero-order valence-electron chi connectivity index (χ0n) is 23.2. The second kappa shape index (κ2) is 11.6. The molecule has 2 saturated heterocycles. The Labute approximate surface area is 233 Å². The predicted octanol–water partition coefficient (Wildman–Crippen LogP) is 4.95. The molecule has 0 unspecified atom stereocenters. The molecule has 7 heteroatoms. The molecule has 206 valence electrons. The first-order valence-electron chi connectivity index (χ1n) is 14.0. The molecule has 2 aliphatic heterocycles. The third-order valence-corrected chi connectivity index (χ3v) is 10.3. The summed E-state index contributed by atoms with van der Waals surface area (Å²) in [5.74, 6) is -0.215. The van der Waals surface area contributed by atoms with Crippen LogP contribution in [0.1, 0.15) is 46.7 Å². The third-order valence-electron chi connectivity index (χ3n) is 8.16. The molecule has 2 aliphatic rings. The van der Waals surface area contributed by atoms with Gasteiger partial charge in [-0.15, -0.1) is 0 Å². The molecule has 3 aromatic carbocycles. The molecule has 5 rings (SSSR count). The zero-order valence-corrected chi connectivity index (χ0v) is 24.0. The average Bonchev–Trinajstić information content (AvgIpc) is 2.94. The van der Waals surface area contributed by atoms with Crippen molar-refractivity contribution in [1.82, 2.24) is 14.1 Å². The Morgan fingerprint density at radius 3 is 1.87 bits per heavy atom. The van der Waals surface area contributed by atoms with Crippen molar-refractivity contribution in [2.45, 2.75) is 44.6 Å². The van der Waals surface area contributed by atoms with Gasteiger partial charge in [-0.2, -0.15) is 4.31 Å². The van der Waals surface area contributed by atoms with Gasteiger partial charge in [0.25, 0.3) is 0 Å². The lowest BCUT2D eigenvalue weighted by Gasteiger charge is -2.41. The summed E-state index contributed by atoms with van der Waals surface area (Å²) in [6.07, 6.45) is 1.43. The maximum Gasteiger partial charge on any atom is 0.243 e. The minimum absolute atomic E-state index is 0.0860. The van der Waals surface area contributed by atoms with E-state index in [1.165, 1.54) is 11.1 Å². The Kier molecular flexibility index (Phi) is 8.21. The van der Waals surface area contributed by atoms with E-state index < -0.39 is 10.0 Å². The van der Waals surface area contributed by atoms with Gasteiger partial charge in [0.05, 0.1) is 16.9 Å². The van der Waals surface area contributed by atoms with Crippen LogP contribution in [-0.4, -0.2) is 67.7 Å². The summed E-state index contributed by atoms with van der Waals surface area (Å²) in [6.45, 7) is 9.26. The number of rotatable bonds is 6. The number of sulfonamides is 1. The van der Waals surface area contributed by atoms with E-state index in [4.69, 9.17) is 0 Å². The normalized spacial score (nSPS) is 19.4. The van der Waals surface area contributed by atoms with Crippen LogP contribution in [-0.2, 0) is 14.8 Å². The Hall–Kier alpha value is -3.00. The van der Waals surface area contributed by atoms with Crippen LogP contribution in [0.2, 0.25) is 0 Å². The third kappa shape index (κ3) is 5.81. The number of aryl methyl sites for hydroxylation is 3. The number of piperidine rings is 1. The molecular weight excluding hydrogens is 506 g/mol. The van der Waals surface area contributed by atoms with Gasteiger partial charge in [0.2, 0.25) is 15.9 Å². The second-order valence-corrected chi connectivity index (χ2v) is 12.9. The molecule has 2 heterocycles. The van der Waals surface area contributed by atoms with Gasteiger partial charge in [-0.3, -0.25) is 9.69 Å². The van der Waals surface area contributed by atoms with Crippen molar-refractivity contribution in [2.75, 3.05) is 39.3 Å². The first-order valence-corrected chi connectivity index (χ1v) is 15.4. The van der Waals surface area contributed by atoms with Crippen LogP contribution < -0.4 is 0 Å². The van der Waals surface area contributed by atoms with E-state index in [1.54, 1.807) is 4.31 Å². The fourth-order valence-corrected chi connectivity index (χ4v) is 8.34. The summed E-state index contributed by atoms with van der Waals surface area (Å²) < 4.78 is 28.9. The molecule has 0 aromatic heterocycles. The number of carbonyl (C=O) groups excluding carboxylic acids is 1. The minimum Gasteiger partial charge on any atom is -0.340 e. The van der Waals surface area contributed by atoms with Crippen LogP contribution in [0.3, 0.4) is 0 Å². The molecule has 3 aromatic rings. The molecule has 1 atom stereocenters. The fraction of sp³-hybridized carbons (Fsp3) is 0.406. The van der Waals surface area contributed by atoms with E-state index in [2.05, 4.69) is 53.4 Å². The predicted molar refractivity (Wildman–Crippen MR) is 155 cm³/mol. The quantitative estimate of drug-likeness (QED) is 0.440. The van der Waals surface area contributed by atoms with Crippen LogP contribution >= 0.6 is 0 Å². The summed E-state index contributed by atoms with van der Waals surface area (Å²) in [4.78, 5) is 18.4. The molecule has 0 N–H and O–H groups in total. The van der Waals surface area contributed by atoms with Gasteiger partial charge < -0.3 is 4.90 Å². The van der Waals surface area contributed by atoms with E-state index in [1.807, 2.05) is 49.9 Å². The van der Waals surface area contributed by atoms with Crippen LogP contribution in [0.15, 0.2) is 77.7 Å². The first-order chi connectivity index (χ1) is 18.8. The molecule has 2 fully saturated rings. The molecular formula is C32H39N3O3S. The average molecular weight is 546 g/mol. The van der Waals surface area contributed by atoms with Crippen molar-refractivity contribution in [1.29, 1.82) is 0 Å². The smallest absolute Gasteiger partial charge is 0.243 e. The van der Waals surface area contributed by atoms with Crippen molar-refractivity contribution in [3.05, 3.63) is 101 Å². The standard InChI is InChI=1S/C32H39N3O3S/c1-24-21-25(2)31(26(3)22-24)39(37,38)35-16-10-15-29(23-35)32(36)34-19-17-33(18-20-34)30(27-11-6-4-7-12-27)28-13-8-5-9-14-28/h4-9,11-14,21-22,29-30H,10,15-20,23H2,1-3H3/t29-/m1/s1. The summed E-state index contributed by atoms with van der Waals surface area (Å²) in [6, 6.07) is 25.0. The molecule has 6 nitrogen and oxygen atoms in total. The topological polar surface area (TPSA) is 60.9 Å². The number of hydrogen-bond donors (Lipinski definition) is 0. The molecule has 0 bridgehead atoms. The first kappa shape index (κ1) is 27.6. The van der Waals surface area contributed by atoms with E-state index in [-0.39, 0.29) is 24.4 Å². The maximum absolute atomic E-state index is 13.7. The number of hydrogen-bond acceptors (Lipinski definition) is 4. The van der Waals surface area contributed by atoms with Gasteiger partial charge >= 0.3 is 0 Å². The van der Waals surface area contributed by atoms with Crippen LogP contribution in [0.25, 0.3) is 0 Å². The molecule has 1 amide bonds. The Morgan fingerprint density at radius 2 is 1.33 bits per heavy atom. The van der Waals surface area contributed by atoms with E-state index in [9.17, 15) is 13.2 Å². The Bertz CT molecular complexity index is 1340. The summed E-state index contributed by atoms with van der Waals surface area (Å²) >= 11 is 0. The molecule has 0 spiro atoms. The van der Waals surface area contributed by atoms with E-state index in [0.717, 1.165) is 36.2 Å². The van der Waals surface area contributed by atoms with Gasteiger partial charge in [0, 0.05) is 39.3 Å². The lowest BCUT2D eigenvalue weighted by Crippen LogP contribution is -2.53. The number of benzene rings is 3. The van der Waals surface area contributed by atoms with Gasteiger partial charge in [-0.25, -0.2) is 8.42 Å². The largest absolute Gasteiger partial charge is 0.340 e. The van der Waals surface area contributed by atoms with Crippen molar-refractivity contribution >= 4 is 15.9 Å². The SMILES string of the molecule is Cc1cc(C)c(S(=O)(=O)N2CCC[C@@H](C(=O)N3CCN(C(c4ccccc4)c4ccccc4)CC3)C2)c(C)c1. The molecule has 0 saturated carbocycles. The number of piperazine rings is 1. The van der Waals surface area contributed by atoms with E-state index in [0.29, 0.717) is 31.0 Å². The molecule has 39 heavy (non-hydrogen) atoms. The van der Waals surface area contributed by atoms with Crippen LogP contribution in [0, 0.1) is 26.7 Å². The second-order valence-electron chi connectivity index (χ2n) is 11.0. The van der Waals surface area contributed by atoms with E-state index >= 15 is 0 Å². The zero-order chi connectivity index (χ0) is 27.6. The Morgan fingerprint density at radius 1 is 0.795 bits per heavy atom. The number of amides is 1. The van der Waals surface area contributed by atoms with Crippen molar-refractivity contribution < 1.29 is 13.2 Å². The van der Waals surface area contributed by atoms with Gasteiger partial charge in [-0.1, -0.05) is 78.4 Å². The van der Waals surface area contributed by atoms with Gasteiger partial charge in [-0.05, 0) is 55.9 Å². The summed E-state index contributed by atoms with van der Waals surface area (Å²) in [7, 11) is -3.66. The highest BCUT2D eigenvalue weighted by Crippen LogP contribution is 2.32. The van der Waals surface area contributed by atoms with Crippen LogP contribution in [0.5, 0.6) is 0 Å². The lowest BCUT2D eigenvalue weighted by molar-refractivity contribution is -0.138. The highest BCUT2D eigenvalue weighted by molar-refractivity contribution is 7.89. The highest BCUT2D eigenvalue weighted by atomic mass is 32.2. The number of nitrogens with zero attached hydrogens (tertiary/aromatic N) is 3. The summed E-state index contributed by atoms with van der Waals surface area (Å²) in [5, 5.41) is 0. The minimum atomic E-state index is -3.66. The lowest BCUT2D eigenvalue weighted by atomic mass is 9.95. The van der Waals surface area contributed by atoms with Crippen molar-refractivity contribution in [2.24, 2.45) is 5.92 Å². The fourth-order valence-electron chi connectivity index (χ4n) is 6.41. The van der Waals surface area contributed by atoms with Crippen LogP contribution in [0.4, 0.5) is 0 Å². The Balaban J connectivity index is 1.27. The maximum atomic E-state index is 13.7. The van der Waals surface area contributed by atoms with Gasteiger partial charge in [0.1, 0.15) is 0 Å². The molecule has 0 radical (unpaired) electrons. The summed E-state index contributed by atoms with van der Waals surface area (Å²) in [5.41, 5.74) is 5.08. The number of carbonyl (C=O) groups is 1. The van der Waals surface area contributed by atoms with Gasteiger partial charge in [0.15, 0.2) is 0 Å².